The molecule has 0 radical (unpaired) electrons. The Kier molecular flexibility index (Phi) is 4.94. The maximum Gasteiger partial charge on any atom is 0.313 e. The molecule has 0 aliphatic heterocycles. The molecule has 2 rings (SSSR count). The number of nitrogens with zero attached hydrogens (tertiary/aromatic N) is 1. The van der Waals surface area contributed by atoms with Crippen molar-refractivity contribution in [1.82, 2.24) is 4.98 Å². The summed E-state index contributed by atoms with van der Waals surface area (Å²) in [6, 6.07) is 10.6. The number of hydrogen-bond acceptors (Lipinski definition) is 4. The first-order valence-corrected chi connectivity index (χ1v) is 7.22. The van der Waals surface area contributed by atoms with Crippen molar-refractivity contribution in [1.29, 1.82) is 0 Å². The minimum absolute atomic E-state index is 0.0396. The second kappa shape index (κ2) is 6.90. The first-order chi connectivity index (χ1) is 10.0. The molecule has 21 heavy (non-hydrogen) atoms. The first-order valence-electron chi connectivity index (χ1n) is 6.23. The molecule has 0 fully saturated rings. The average Bonchev–Trinajstić information content (AvgIpc) is 2.47. The summed E-state index contributed by atoms with van der Waals surface area (Å²) in [5.74, 6) is -1.14. The molecule has 5 nitrogen and oxygen atoms in total. The van der Waals surface area contributed by atoms with Crippen molar-refractivity contribution in [2.45, 2.75) is 11.9 Å². The van der Waals surface area contributed by atoms with E-state index in [-0.39, 0.29) is 11.7 Å². The third-order valence-electron chi connectivity index (χ3n) is 2.65. The lowest BCUT2D eigenvalue weighted by Gasteiger charge is -2.06. The highest BCUT2D eigenvalue weighted by atomic mass is 32.2. The summed E-state index contributed by atoms with van der Waals surface area (Å²) >= 11 is 1.13. The summed E-state index contributed by atoms with van der Waals surface area (Å²) in [6.45, 7) is 1.96. The molecule has 0 atom stereocenters. The molecule has 1 aromatic carbocycles. The van der Waals surface area contributed by atoms with Gasteiger partial charge in [-0.25, -0.2) is 4.98 Å². The number of carbonyl (C=O) groups excluding carboxylic acids is 1. The van der Waals surface area contributed by atoms with Crippen molar-refractivity contribution in [3.05, 3.63) is 53.7 Å². The molecule has 108 valence electrons. The zero-order valence-electron chi connectivity index (χ0n) is 11.4. The highest BCUT2D eigenvalue weighted by Gasteiger charge is 2.06. The predicted molar refractivity (Wildman–Crippen MR) is 81.7 cm³/mol. The van der Waals surface area contributed by atoms with Crippen LogP contribution in [0.3, 0.4) is 0 Å². The summed E-state index contributed by atoms with van der Waals surface area (Å²) in [5.41, 5.74) is 2.23. The van der Waals surface area contributed by atoms with E-state index in [9.17, 15) is 9.59 Å². The number of nitrogens with one attached hydrogen (secondary N) is 1. The monoisotopic (exact) mass is 302 g/mol. The van der Waals surface area contributed by atoms with Crippen molar-refractivity contribution in [3.8, 4) is 0 Å². The van der Waals surface area contributed by atoms with E-state index in [2.05, 4.69) is 10.3 Å². The Morgan fingerprint density at radius 1 is 1.19 bits per heavy atom. The molecule has 0 saturated heterocycles. The van der Waals surface area contributed by atoms with Gasteiger partial charge in [0.2, 0.25) is 0 Å². The molecule has 2 N–H and O–H groups in total. The molecular weight excluding hydrogens is 288 g/mol. The van der Waals surface area contributed by atoms with Crippen molar-refractivity contribution in [2.24, 2.45) is 0 Å². The zero-order valence-corrected chi connectivity index (χ0v) is 12.2. The molecule has 0 aliphatic rings. The first kappa shape index (κ1) is 15.1. The van der Waals surface area contributed by atoms with Crippen molar-refractivity contribution in [2.75, 3.05) is 11.1 Å². The second-order valence-electron chi connectivity index (χ2n) is 4.39. The molecule has 0 bridgehead atoms. The average molecular weight is 302 g/mol. The highest BCUT2D eigenvalue weighted by Crippen LogP contribution is 2.17. The van der Waals surface area contributed by atoms with Crippen LogP contribution in [0.5, 0.6) is 0 Å². The Labute approximate surface area is 126 Å². The van der Waals surface area contributed by atoms with Gasteiger partial charge in [-0.3, -0.25) is 9.59 Å². The van der Waals surface area contributed by atoms with Gasteiger partial charge < -0.3 is 10.4 Å². The van der Waals surface area contributed by atoms with Crippen LogP contribution in [-0.2, 0) is 4.79 Å². The molecule has 6 heteroatoms. The molecule has 1 amide bonds. The van der Waals surface area contributed by atoms with Gasteiger partial charge in [0, 0.05) is 5.56 Å². The van der Waals surface area contributed by atoms with Crippen LogP contribution < -0.4 is 5.32 Å². The van der Waals surface area contributed by atoms with Crippen LogP contribution in [0.25, 0.3) is 0 Å². The molecule has 1 aromatic heterocycles. The number of carboxylic acids is 1. The van der Waals surface area contributed by atoms with E-state index in [0.29, 0.717) is 16.3 Å². The van der Waals surface area contributed by atoms with E-state index < -0.39 is 5.97 Å². The van der Waals surface area contributed by atoms with E-state index in [1.54, 1.807) is 24.3 Å². The van der Waals surface area contributed by atoms with Crippen LogP contribution in [0.4, 0.5) is 5.69 Å². The van der Waals surface area contributed by atoms with Crippen LogP contribution in [0.1, 0.15) is 15.9 Å². The molecular formula is C15H14N2O3S. The quantitative estimate of drug-likeness (QED) is 0.830. The van der Waals surface area contributed by atoms with Crippen molar-refractivity contribution in [3.63, 3.8) is 0 Å². The van der Waals surface area contributed by atoms with Gasteiger partial charge in [0.05, 0.1) is 22.7 Å². The van der Waals surface area contributed by atoms with Crippen molar-refractivity contribution < 1.29 is 14.7 Å². The number of carbonyl (C=O) groups is 2. The van der Waals surface area contributed by atoms with E-state index in [4.69, 9.17) is 5.11 Å². The van der Waals surface area contributed by atoms with Crippen LogP contribution in [0.2, 0.25) is 0 Å². The lowest BCUT2D eigenvalue weighted by molar-refractivity contribution is -0.133. The minimum Gasteiger partial charge on any atom is -0.481 e. The Bertz CT molecular complexity index is 639. The Morgan fingerprint density at radius 2 is 1.90 bits per heavy atom. The lowest BCUT2D eigenvalue weighted by Crippen LogP contribution is -2.11. The van der Waals surface area contributed by atoms with Gasteiger partial charge in [-0.15, -0.1) is 0 Å². The Morgan fingerprint density at radius 3 is 2.48 bits per heavy atom. The number of rotatable bonds is 5. The number of aryl methyl sites for hydroxylation is 1. The van der Waals surface area contributed by atoms with Gasteiger partial charge in [-0.1, -0.05) is 29.5 Å². The highest BCUT2D eigenvalue weighted by molar-refractivity contribution is 7.99. The summed E-state index contributed by atoms with van der Waals surface area (Å²) in [4.78, 5) is 26.6. The number of carboxylic acid groups (broad SMARTS) is 1. The number of aliphatic carboxylic acids is 1. The summed E-state index contributed by atoms with van der Waals surface area (Å²) in [5, 5.41) is 11.9. The van der Waals surface area contributed by atoms with Gasteiger partial charge in [-0.2, -0.15) is 0 Å². The van der Waals surface area contributed by atoms with Gasteiger partial charge in [0.15, 0.2) is 0 Å². The van der Waals surface area contributed by atoms with Crippen LogP contribution in [0.15, 0.2) is 47.6 Å². The topological polar surface area (TPSA) is 79.3 Å². The summed E-state index contributed by atoms with van der Waals surface area (Å²) in [6.07, 6.45) is 1.51. The zero-order chi connectivity index (χ0) is 15.2. The van der Waals surface area contributed by atoms with Crippen LogP contribution >= 0.6 is 11.8 Å². The molecule has 0 unspecified atom stereocenters. The largest absolute Gasteiger partial charge is 0.481 e. The van der Waals surface area contributed by atoms with Crippen LogP contribution in [0, 0.1) is 6.92 Å². The second-order valence-corrected chi connectivity index (χ2v) is 5.38. The molecule has 0 spiro atoms. The van der Waals surface area contributed by atoms with Gasteiger partial charge in [0.1, 0.15) is 0 Å². The van der Waals surface area contributed by atoms with E-state index in [1.807, 2.05) is 19.1 Å². The number of aromatic nitrogens is 1. The van der Waals surface area contributed by atoms with Crippen LogP contribution in [-0.4, -0.2) is 27.7 Å². The number of thioether (sulfide) groups is 1. The fraction of sp³-hybridized carbons (Fsp3) is 0.133. The van der Waals surface area contributed by atoms with Crippen molar-refractivity contribution >= 4 is 29.3 Å². The maximum absolute atomic E-state index is 12.0. The van der Waals surface area contributed by atoms with E-state index in [0.717, 1.165) is 17.3 Å². The number of pyridine rings is 1. The lowest BCUT2D eigenvalue weighted by atomic mass is 10.1. The van der Waals surface area contributed by atoms with Gasteiger partial charge >= 0.3 is 5.97 Å². The molecule has 0 aliphatic carbocycles. The fourth-order valence-electron chi connectivity index (χ4n) is 1.58. The Hall–Kier alpha value is -2.34. The summed E-state index contributed by atoms with van der Waals surface area (Å²) < 4.78 is 0. The molecule has 0 saturated carbocycles. The standard InChI is InChI=1S/C15H14N2O3S/c1-10-2-4-11(5-3-10)15(20)17-12-6-7-13(16-8-12)21-9-14(18)19/h2-8H,9H2,1H3,(H,17,20)(H,18,19). The number of benzene rings is 1. The van der Waals surface area contributed by atoms with Gasteiger partial charge in [-0.05, 0) is 31.2 Å². The predicted octanol–water partition coefficient (Wildman–Crippen LogP) is 2.82. The number of amides is 1. The third kappa shape index (κ3) is 4.61. The maximum atomic E-state index is 12.0. The number of hydrogen-bond donors (Lipinski definition) is 2. The molecule has 1 heterocycles. The summed E-state index contributed by atoms with van der Waals surface area (Å²) in [7, 11) is 0. The normalized spacial score (nSPS) is 10.1. The Balaban J connectivity index is 1.98. The SMILES string of the molecule is Cc1ccc(C(=O)Nc2ccc(SCC(=O)O)nc2)cc1. The molecule has 2 aromatic rings. The van der Waals surface area contributed by atoms with E-state index in [1.165, 1.54) is 6.20 Å². The minimum atomic E-state index is -0.890. The van der Waals surface area contributed by atoms with E-state index >= 15 is 0 Å². The smallest absolute Gasteiger partial charge is 0.313 e. The van der Waals surface area contributed by atoms with Gasteiger partial charge in [0.25, 0.3) is 5.91 Å². The third-order valence-corrected chi connectivity index (χ3v) is 3.58. The fourth-order valence-corrected chi connectivity index (χ4v) is 2.15. The number of anilines is 1.